The topological polar surface area (TPSA) is 40.5 Å². The molecular formula is C29H37NO2. The van der Waals surface area contributed by atoms with E-state index in [4.69, 9.17) is 0 Å². The van der Waals surface area contributed by atoms with Crippen molar-refractivity contribution in [3.05, 3.63) is 64.8 Å². The van der Waals surface area contributed by atoms with Crippen LogP contribution in [-0.2, 0) is 4.79 Å². The number of rotatable bonds is 4. The number of carbonyl (C=O) groups excluding carboxylic acids is 1. The number of carbonyl (C=O) groups is 1. The molecule has 0 aliphatic heterocycles. The van der Waals surface area contributed by atoms with Crippen molar-refractivity contribution in [3.8, 4) is 0 Å². The monoisotopic (exact) mass is 431 g/mol. The number of aliphatic hydroxyl groups is 1. The minimum absolute atomic E-state index is 0.00401. The van der Waals surface area contributed by atoms with Crippen LogP contribution in [0.2, 0.25) is 0 Å². The Kier molecular flexibility index (Phi) is 5.44. The molecular weight excluding hydrogens is 394 g/mol. The molecule has 5 atom stereocenters. The van der Waals surface area contributed by atoms with Gasteiger partial charge in [0.15, 0.2) is 5.78 Å². The third-order valence-corrected chi connectivity index (χ3v) is 9.21. The average molecular weight is 432 g/mol. The molecule has 2 unspecified atom stereocenters. The Hall–Kier alpha value is -2.13. The highest BCUT2D eigenvalue weighted by atomic mass is 16.3. The van der Waals surface area contributed by atoms with Crippen molar-refractivity contribution in [2.75, 3.05) is 25.6 Å². The third-order valence-electron chi connectivity index (χ3n) is 9.21. The Bertz CT molecular complexity index is 998. The van der Waals surface area contributed by atoms with Crippen LogP contribution in [0, 0.1) is 23.2 Å². The zero-order valence-electron chi connectivity index (χ0n) is 19.9. The van der Waals surface area contributed by atoms with E-state index in [9.17, 15) is 9.90 Å². The van der Waals surface area contributed by atoms with E-state index >= 15 is 0 Å². The van der Waals surface area contributed by atoms with Gasteiger partial charge in [-0.3, -0.25) is 4.79 Å². The Labute approximate surface area is 192 Å². The maximum atomic E-state index is 12.8. The van der Waals surface area contributed by atoms with Crippen LogP contribution in [0.25, 0.3) is 0 Å². The van der Waals surface area contributed by atoms with Crippen molar-refractivity contribution in [2.45, 2.75) is 57.8 Å². The lowest BCUT2D eigenvalue weighted by Gasteiger charge is -2.52. The van der Waals surface area contributed by atoms with E-state index in [0.717, 1.165) is 38.5 Å². The Morgan fingerprint density at radius 1 is 1.12 bits per heavy atom. The number of nitrogens with zero attached hydrogens (tertiary/aromatic N) is 1. The molecule has 32 heavy (non-hydrogen) atoms. The Balaban J connectivity index is 1.64. The van der Waals surface area contributed by atoms with Gasteiger partial charge >= 0.3 is 0 Å². The van der Waals surface area contributed by atoms with E-state index in [0.29, 0.717) is 17.8 Å². The van der Waals surface area contributed by atoms with Gasteiger partial charge in [0.1, 0.15) is 6.61 Å². The van der Waals surface area contributed by atoms with Gasteiger partial charge in [0.05, 0.1) is 0 Å². The van der Waals surface area contributed by atoms with Gasteiger partial charge < -0.3 is 10.0 Å². The van der Waals surface area contributed by atoms with Crippen LogP contribution in [0.15, 0.2) is 59.2 Å². The second-order valence-corrected chi connectivity index (χ2v) is 11.0. The van der Waals surface area contributed by atoms with Crippen LogP contribution in [0.5, 0.6) is 0 Å². The van der Waals surface area contributed by atoms with Crippen molar-refractivity contribution < 1.29 is 9.90 Å². The van der Waals surface area contributed by atoms with Crippen LogP contribution >= 0.6 is 0 Å². The van der Waals surface area contributed by atoms with Crippen LogP contribution in [0.3, 0.4) is 0 Å². The van der Waals surface area contributed by atoms with Crippen molar-refractivity contribution in [2.24, 2.45) is 23.2 Å². The molecule has 0 bridgehead atoms. The van der Waals surface area contributed by atoms with Gasteiger partial charge in [0.25, 0.3) is 0 Å². The summed E-state index contributed by atoms with van der Waals surface area (Å²) in [7, 11) is 4.16. The van der Waals surface area contributed by atoms with E-state index < -0.39 is 0 Å². The number of fused-ring (bicyclic) bond motifs is 4. The molecule has 1 aromatic rings. The molecule has 4 aliphatic carbocycles. The fourth-order valence-corrected chi connectivity index (χ4v) is 7.69. The highest BCUT2D eigenvalue weighted by molar-refractivity contribution is 5.83. The normalized spacial score (nSPS) is 33.9. The van der Waals surface area contributed by atoms with Crippen molar-refractivity contribution >= 4 is 11.5 Å². The molecule has 1 aromatic carbocycles. The molecule has 4 aliphatic rings. The fraction of sp³-hybridized carbons (Fsp3) is 0.552. The summed E-state index contributed by atoms with van der Waals surface area (Å²) in [5.41, 5.74) is 8.64. The zero-order chi connectivity index (χ0) is 22.6. The van der Waals surface area contributed by atoms with E-state index in [1.54, 1.807) is 11.1 Å². The standard InChI is InChI=1S/C29H37NO2/c1-18-5-11-22-20(15-18)8-12-23-25-13-14-26(27(32)17-31)29(25,2)16-24(28(22)23)19-6-9-21(10-7-19)30(3)4/h6-7,9-10,15,23-26,31H,1,5,8,11-14,16-17H2,2-4H3/t23?,24-,25?,26-,29+/m1/s1. The lowest BCUT2D eigenvalue weighted by molar-refractivity contribution is -0.130. The smallest absolute Gasteiger partial charge is 0.161 e. The highest BCUT2D eigenvalue weighted by Crippen LogP contribution is 2.65. The molecule has 3 heteroatoms. The molecule has 1 N–H and O–H groups in total. The summed E-state index contributed by atoms with van der Waals surface area (Å²) < 4.78 is 0. The number of Topliss-reactive ketones (excluding diaryl/α,β-unsaturated/α-hetero) is 1. The molecule has 2 fully saturated rings. The third kappa shape index (κ3) is 3.32. The SMILES string of the molecule is C=C1C=C2CCC3C(=C2CC1)[C@@H](c1ccc(N(C)C)cc1)C[C@@]1(C)C3CC[C@@H]1C(=O)CO. The summed E-state index contributed by atoms with van der Waals surface area (Å²) in [6.07, 6.45) is 9.93. The van der Waals surface area contributed by atoms with E-state index in [2.05, 4.69) is 62.8 Å². The fourth-order valence-electron chi connectivity index (χ4n) is 7.69. The van der Waals surface area contributed by atoms with Crippen LogP contribution in [0.1, 0.15) is 63.4 Å². The number of benzene rings is 1. The lowest BCUT2D eigenvalue weighted by Crippen LogP contribution is -2.45. The van der Waals surface area contributed by atoms with Crippen LogP contribution < -0.4 is 4.90 Å². The van der Waals surface area contributed by atoms with Gasteiger partial charge in [-0.05, 0) is 91.0 Å². The molecule has 2 saturated carbocycles. The van der Waals surface area contributed by atoms with Crippen LogP contribution in [-0.4, -0.2) is 31.6 Å². The van der Waals surface area contributed by atoms with Gasteiger partial charge in [-0.1, -0.05) is 42.9 Å². The zero-order valence-corrected chi connectivity index (χ0v) is 19.9. The Morgan fingerprint density at radius 3 is 2.56 bits per heavy atom. The molecule has 0 spiro atoms. The predicted molar refractivity (Wildman–Crippen MR) is 131 cm³/mol. The minimum atomic E-state index is -0.317. The summed E-state index contributed by atoms with van der Waals surface area (Å²) in [5.74, 6) is 1.51. The first-order valence-electron chi connectivity index (χ1n) is 12.4. The second-order valence-electron chi connectivity index (χ2n) is 11.0. The number of hydrogen-bond donors (Lipinski definition) is 1. The van der Waals surface area contributed by atoms with Crippen LogP contribution in [0.4, 0.5) is 5.69 Å². The molecule has 0 radical (unpaired) electrons. The maximum Gasteiger partial charge on any atom is 0.161 e. The average Bonchev–Trinajstić information content (AvgIpc) is 3.14. The predicted octanol–water partition coefficient (Wildman–Crippen LogP) is 5.82. The molecule has 170 valence electrons. The second kappa shape index (κ2) is 8.02. The summed E-state index contributed by atoms with van der Waals surface area (Å²) >= 11 is 0. The Morgan fingerprint density at radius 2 is 1.88 bits per heavy atom. The van der Waals surface area contributed by atoms with E-state index in [1.165, 1.54) is 28.8 Å². The number of hydrogen-bond acceptors (Lipinski definition) is 3. The van der Waals surface area contributed by atoms with Gasteiger partial charge in [0, 0.05) is 31.6 Å². The summed E-state index contributed by atoms with van der Waals surface area (Å²) in [6.45, 7) is 6.29. The van der Waals surface area contributed by atoms with Crippen molar-refractivity contribution in [3.63, 3.8) is 0 Å². The summed E-state index contributed by atoms with van der Waals surface area (Å²) in [5, 5.41) is 9.70. The number of anilines is 1. The number of aliphatic hydroxyl groups excluding tert-OH is 1. The first-order chi connectivity index (χ1) is 15.3. The largest absolute Gasteiger partial charge is 0.389 e. The maximum absolute atomic E-state index is 12.8. The summed E-state index contributed by atoms with van der Waals surface area (Å²) in [4.78, 5) is 14.9. The lowest BCUT2D eigenvalue weighted by atomic mass is 9.51. The first-order valence-corrected chi connectivity index (χ1v) is 12.4. The summed E-state index contributed by atoms with van der Waals surface area (Å²) in [6, 6.07) is 9.09. The molecule has 5 rings (SSSR count). The number of allylic oxidation sites excluding steroid dienone is 5. The van der Waals surface area contributed by atoms with Crippen molar-refractivity contribution in [1.29, 1.82) is 0 Å². The van der Waals surface area contributed by atoms with Gasteiger partial charge in [-0.25, -0.2) is 0 Å². The van der Waals surface area contributed by atoms with E-state index in [1.807, 2.05) is 0 Å². The van der Waals surface area contributed by atoms with Gasteiger partial charge in [0.2, 0.25) is 0 Å². The minimum Gasteiger partial charge on any atom is -0.389 e. The number of ketones is 1. The highest BCUT2D eigenvalue weighted by Gasteiger charge is 2.57. The molecule has 0 saturated heterocycles. The molecule has 3 nitrogen and oxygen atoms in total. The van der Waals surface area contributed by atoms with Gasteiger partial charge in [-0.15, -0.1) is 0 Å². The molecule has 0 amide bonds. The molecule has 0 heterocycles. The molecule has 0 aromatic heterocycles. The first kappa shape index (κ1) is 21.7. The van der Waals surface area contributed by atoms with E-state index in [-0.39, 0.29) is 23.7 Å². The van der Waals surface area contributed by atoms with Gasteiger partial charge in [-0.2, -0.15) is 0 Å². The van der Waals surface area contributed by atoms with Crippen molar-refractivity contribution in [1.82, 2.24) is 0 Å². The quantitative estimate of drug-likeness (QED) is 0.653.